The van der Waals surface area contributed by atoms with E-state index >= 15 is 0 Å². The Kier molecular flexibility index (Phi) is 4.20. The molecule has 2 heterocycles. The fraction of sp³-hybridized carbons (Fsp3) is 0.211. The van der Waals surface area contributed by atoms with E-state index < -0.39 is 5.82 Å². The Labute approximate surface area is 154 Å². The van der Waals surface area contributed by atoms with E-state index in [1.165, 1.54) is 18.2 Å². The molecule has 1 aliphatic heterocycles. The number of rotatable bonds is 3. The predicted molar refractivity (Wildman–Crippen MR) is 95.6 cm³/mol. The SMILES string of the molecule is Cc1cccc(-c2noc(C3CC(=O)N(c4ccc(F)c(Cl)c4)C3)n2)c1. The summed E-state index contributed by atoms with van der Waals surface area (Å²) < 4.78 is 18.7. The summed E-state index contributed by atoms with van der Waals surface area (Å²) in [6.07, 6.45) is 0.254. The third kappa shape index (κ3) is 3.08. The van der Waals surface area contributed by atoms with E-state index in [0.29, 0.717) is 23.9 Å². The number of hydrogen-bond acceptors (Lipinski definition) is 4. The first-order valence-corrected chi connectivity index (χ1v) is 8.55. The molecule has 7 heteroatoms. The first-order valence-electron chi connectivity index (χ1n) is 8.17. The molecule has 0 aliphatic carbocycles. The zero-order valence-corrected chi connectivity index (χ0v) is 14.7. The van der Waals surface area contributed by atoms with Crippen molar-refractivity contribution in [3.63, 3.8) is 0 Å². The summed E-state index contributed by atoms with van der Waals surface area (Å²) in [5.41, 5.74) is 2.53. The zero-order chi connectivity index (χ0) is 18.3. The van der Waals surface area contributed by atoms with Crippen LogP contribution in [0.1, 0.15) is 23.8 Å². The van der Waals surface area contributed by atoms with E-state index in [-0.39, 0.29) is 23.3 Å². The van der Waals surface area contributed by atoms with Crippen LogP contribution in [0.25, 0.3) is 11.4 Å². The van der Waals surface area contributed by atoms with Gasteiger partial charge in [0.2, 0.25) is 17.6 Å². The van der Waals surface area contributed by atoms with Gasteiger partial charge in [-0.3, -0.25) is 4.79 Å². The van der Waals surface area contributed by atoms with Crippen molar-refractivity contribution < 1.29 is 13.7 Å². The van der Waals surface area contributed by atoms with Crippen molar-refractivity contribution in [1.29, 1.82) is 0 Å². The van der Waals surface area contributed by atoms with Crippen LogP contribution in [-0.4, -0.2) is 22.6 Å². The molecule has 1 atom stereocenters. The van der Waals surface area contributed by atoms with Gasteiger partial charge in [0.05, 0.1) is 10.9 Å². The van der Waals surface area contributed by atoms with E-state index in [2.05, 4.69) is 10.1 Å². The minimum absolute atomic E-state index is 0.0155. The molecule has 1 fully saturated rings. The molecule has 1 amide bonds. The normalized spacial score (nSPS) is 17.1. The highest BCUT2D eigenvalue weighted by Gasteiger charge is 2.35. The standard InChI is InChI=1S/C19H15ClFN3O2/c1-11-3-2-4-12(7-11)18-22-19(26-23-18)13-8-17(25)24(10-13)14-5-6-16(21)15(20)9-14/h2-7,9,13H,8,10H2,1H3. The fourth-order valence-corrected chi connectivity index (χ4v) is 3.25. The second-order valence-corrected chi connectivity index (χ2v) is 6.74. The first-order chi connectivity index (χ1) is 12.5. The maximum absolute atomic E-state index is 13.3. The van der Waals surface area contributed by atoms with Crippen LogP contribution in [-0.2, 0) is 4.79 Å². The van der Waals surface area contributed by atoms with Gasteiger partial charge in [-0.2, -0.15) is 4.98 Å². The highest BCUT2D eigenvalue weighted by molar-refractivity contribution is 6.31. The lowest BCUT2D eigenvalue weighted by Gasteiger charge is -2.16. The highest BCUT2D eigenvalue weighted by Crippen LogP contribution is 2.33. The number of carbonyl (C=O) groups excluding carboxylic acids is 1. The molecule has 1 aliphatic rings. The maximum atomic E-state index is 13.3. The van der Waals surface area contributed by atoms with Crippen molar-refractivity contribution in [2.45, 2.75) is 19.3 Å². The minimum Gasteiger partial charge on any atom is -0.339 e. The smallest absolute Gasteiger partial charge is 0.232 e. The number of aryl methyl sites for hydroxylation is 1. The van der Waals surface area contributed by atoms with Crippen LogP contribution in [0.15, 0.2) is 47.0 Å². The maximum Gasteiger partial charge on any atom is 0.232 e. The van der Waals surface area contributed by atoms with E-state index in [4.69, 9.17) is 16.1 Å². The van der Waals surface area contributed by atoms with Crippen LogP contribution in [0.4, 0.5) is 10.1 Å². The monoisotopic (exact) mass is 371 g/mol. The van der Waals surface area contributed by atoms with Crippen molar-refractivity contribution >= 4 is 23.2 Å². The Bertz CT molecular complexity index is 988. The van der Waals surface area contributed by atoms with Crippen molar-refractivity contribution in [2.75, 3.05) is 11.4 Å². The third-order valence-corrected chi connectivity index (χ3v) is 4.70. The van der Waals surface area contributed by atoms with E-state index in [0.717, 1.165) is 11.1 Å². The molecule has 1 unspecified atom stereocenters. The molecule has 4 rings (SSSR count). The number of carbonyl (C=O) groups is 1. The van der Waals surface area contributed by atoms with Gasteiger partial charge in [-0.1, -0.05) is 40.5 Å². The van der Waals surface area contributed by atoms with Crippen LogP contribution in [0.2, 0.25) is 5.02 Å². The lowest BCUT2D eigenvalue weighted by molar-refractivity contribution is -0.117. The van der Waals surface area contributed by atoms with Gasteiger partial charge in [-0.05, 0) is 31.2 Å². The fourth-order valence-electron chi connectivity index (χ4n) is 3.08. The second-order valence-electron chi connectivity index (χ2n) is 6.33. The van der Waals surface area contributed by atoms with Crippen molar-refractivity contribution in [1.82, 2.24) is 10.1 Å². The summed E-state index contributed by atoms with van der Waals surface area (Å²) in [5.74, 6) is 0.105. The van der Waals surface area contributed by atoms with E-state index in [1.54, 1.807) is 4.90 Å². The molecule has 132 valence electrons. The van der Waals surface area contributed by atoms with Crippen molar-refractivity contribution in [3.05, 3.63) is 64.8 Å². The molecular weight excluding hydrogens is 357 g/mol. The average molecular weight is 372 g/mol. The van der Waals surface area contributed by atoms with Crippen LogP contribution in [0, 0.1) is 12.7 Å². The van der Waals surface area contributed by atoms with E-state index in [9.17, 15) is 9.18 Å². The number of benzene rings is 2. The van der Waals surface area contributed by atoms with Gasteiger partial charge < -0.3 is 9.42 Å². The summed E-state index contributed by atoms with van der Waals surface area (Å²) in [5, 5.41) is 4.02. The highest BCUT2D eigenvalue weighted by atomic mass is 35.5. The Morgan fingerprint density at radius 3 is 2.88 bits per heavy atom. The number of aromatic nitrogens is 2. The van der Waals surface area contributed by atoms with Crippen molar-refractivity contribution in [3.8, 4) is 11.4 Å². The van der Waals surface area contributed by atoms with Crippen LogP contribution < -0.4 is 4.90 Å². The quantitative estimate of drug-likeness (QED) is 0.686. The molecular formula is C19H15ClFN3O2. The van der Waals surface area contributed by atoms with Gasteiger partial charge in [-0.15, -0.1) is 0 Å². The topological polar surface area (TPSA) is 59.2 Å². The molecule has 1 aromatic heterocycles. The number of nitrogens with zero attached hydrogens (tertiary/aromatic N) is 3. The molecule has 26 heavy (non-hydrogen) atoms. The van der Waals surface area contributed by atoms with Crippen molar-refractivity contribution in [2.24, 2.45) is 0 Å². The van der Waals surface area contributed by atoms with Gasteiger partial charge >= 0.3 is 0 Å². The number of anilines is 1. The van der Waals surface area contributed by atoms with Gasteiger partial charge in [0.25, 0.3) is 0 Å². The number of halogens is 2. The van der Waals surface area contributed by atoms with Gasteiger partial charge in [0.1, 0.15) is 5.82 Å². The van der Waals surface area contributed by atoms with Crippen LogP contribution >= 0.6 is 11.6 Å². The average Bonchev–Trinajstić information content (AvgIpc) is 3.24. The summed E-state index contributed by atoms with van der Waals surface area (Å²) in [6, 6.07) is 12.0. The Hall–Kier alpha value is -2.73. The molecule has 0 bridgehead atoms. The summed E-state index contributed by atoms with van der Waals surface area (Å²) in [6.45, 7) is 2.38. The summed E-state index contributed by atoms with van der Waals surface area (Å²) in [4.78, 5) is 18.4. The molecule has 0 spiro atoms. The molecule has 1 saturated heterocycles. The van der Waals surface area contributed by atoms with Gasteiger partial charge in [0, 0.05) is 24.2 Å². The molecule has 0 saturated carbocycles. The molecule has 3 aromatic rings. The molecule has 0 N–H and O–H groups in total. The summed E-state index contributed by atoms with van der Waals surface area (Å²) >= 11 is 5.82. The largest absolute Gasteiger partial charge is 0.339 e. The predicted octanol–water partition coefficient (Wildman–Crippen LogP) is 4.36. The molecule has 0 radical (unpaired) electrons. The zero-order valence-electron chi connectivity index (χ0n) is 13.9. The van der Waals surface area contributed by atoms with Crippen LogP contribution in [0.3, 0.4) is 0 Å². The molecule has 5 nitrogen and oxygen atoms in total. The second kappa shape index (κ2) is 6.53. The third-order valence-electron chi connectivity index (χ3n) is 4.41. The number of amides is 1. The molecule has 2 aromatic carbocycles. The number of hydrogen-bond donors (Lipinski definition) is 0. The van der Waals surface area contributed by atoms with Gasteiger partial charge in [0.15, 0.2) is 0 Å². The lowest BCUT2D eigenvalue weighted by Crippen LogP contribution is -2.24. The van der Waals surface area contributed by atoms with Crippen LogP contribution in [0.5, 0.6) is 0 Å². The van der Waals surface area contributed by atoms with E-state index in [1.807, 2.05) is 31.2 Å². The Morgan fingerprint density at radius 1 is 1.27 bits per heavy atom. The lowest BCUT2D eigenvalue weighted by atomic mass is 10.1. The van der Waals surface area contributed by atoms with Gasteiger partial charge in [-0.25, -0.2) is 4.39 Å². The Balaban J connectivity index is 1.56. The Morgan fingerprint density at radius 2 is 2.12 bits per heavy atom. The minimum atomic E-state index is -0.515. The summed E-state index contributed by atoms with van der Waals surface area (Å²) in [7, 11) is 0. The first kappa shape index (κ1) is 16.7.